The maximum absolute atomic E-state index is 12.7. The molecule has 0 amide bonds. The van der Waals surface area contributed by atoms with E-state index in [0.717, 1.165) is 18.9 Å². The van der Waals surface area contributed by atoms with E-state index < -0.39 is 17.3 Å². The Kier molecular flexibility index (Phi) is 3.74. The molecule has 0 aromatic heterocycles. The van der Waals surface area contributed by atoms with Crippen LogP contribution in [0.4, 0.5) is 13.2 Å². The third-order valence-corrected chi connectivity index (χ3v) is 4.54. The smallest absolute Gasteiger partial charge is 0.390 e. The summed E-state index contributed by atoms with van der Waals surface area (Å²) in [7, 11) is 0. The average Bonchev–Trinajstić information content (AvgIpc) is 2.76. The van der Waals surface area contributed by atoms with E-state index in [-0.39, 0.29) is 12.2 Å². The standard InChI is InChI=1S/C16H19F3O2/c17-16(18,19)12-3-1-2-11(8-12)6-7-15(20)9-13-4-5-14(10-15)21-13/h1-3,8,13-14,20H,4-7,9-10H2. The highest BCUT2D eigenvalue weighted by molar-refractivity contribution is 5.26. The van der Waals surface area contributed by atoms with Gasteiger partial charge in [-0.1, -0.05) is 18.2 Å². The first kappa shape index (κ1) is 14.9. The van der Waals surface area contributed by atoms with Gasteiger partial charge in [-0.15, -0.1) is 0 Å². The van der Waals surface area contributed by atoms with Gasteiger partial charge < -0.3 is 9.84 Å². The molecule has 2 nitrogen and oxygen atoms in total. The summed E-state index contributed by atoms with van der Waals surface area (Å²) >= 11 is 0. The number of aryl methyl sites for hydroxylation is 1. The zero-order valence-electron chi connectivity index (χ0n) is 11.7. The quantitative estimate of drug-likeness (QED) is 0.922. The molecule has 116 valence electrons. The second-order valence-corrected chi connectivity index (χ2v) is 6.29. The number of hydrogen-bond donors (Lipinski definition) is 1. The molecule has 2 bridgehead atoms. The fourth-order valence-corrected chi connectivity index (χ4v) is 3.50. The highest BCUT2D eigenvalue weighted by Gasteiger charge is 2.43. The van der Waals surface area contributed by atoms with E-state index in [1.807, 2.05) is 0 Å². The van der Waals surface area contributed by atoms with Crippen LogP contribution in [0.1, 0.15) is 43.2 Å². The lowest BCUT2D eigenvalue weighted by Gasteiger charge is -2.36. The first-order valence-corrected chi connectivity index (χ1v) is 7.38. The second-order valence-electron chi connectivity index (χ2n) is 6.29. The molecule has 2 aliphatic heterocycles. The van der Waals surface area contributed by atoms with Crippen molar-refractivity contribution in [3.05, 3.63) is 35.4 Å². The maximum atomic E-state index is 12.7. The Bertz CT molecular complexity index is 500. The average molecular weight is 300 g/mol. The van der Waals surface area contributed by atoms with Crippen molar-refractivity contribution in [2.24, 2.45) is 0 Å². The Morgan fingerprint density at radius 1 is 1.19 bits per heavy atom. The van der Waals surface area contributed by atoms with Crippen LogP contribution in [0.5, 0.6) is 0 Å². The molecule has 21 heavy (non-hydrogen) atoms. The molecule has 1 N–H and O–H groups in total. The first-order valence-electron chi connectivity index (χ1n) is 7.38. The van der Waals surface area contributed by atoms with E-state index in [9.17, 15) is 18.3 Å². The Morgan fingerprint density at radius 2 is 1.86 bits per heavy atom. The summed E-state index contributed by atoms with van der Waals surface area (Å²) in [5, 5.41) is 10.6. The lowest BCUT2D eigenvalue weighted by Crippen LogP contribution is -2.41. The zero-order valence-corrected chi connectivity index (χ0v) is 11.7. The fourth-order valence-electron chi connectivity index (χ4n) is 3.50. The highest BCUT2D eigenvalue weighted by atomic mass is 19.4. The van der Waals surface area contributed by atoms with Gasteiger partial charge in [0.2, 0.25) is 0 Å². The summed E-state index contributed by atoms with van der Waals surface area (Å²) in [4.78, 5) is 0. The van der Waals surface area contributed by atoms with Crippen LogP contribution in [0.25, 0.3) is 0 Å². The van der Waals surface area contributed by atoms with Crippen molar-refractivity contribution in [2.75, 3.05) is 0 Å². The van der Waals surface area contributed by atoms with Crippen molar-refractivity contribution in [2.45, 2.75) is 62.5 Å². The molecule has 5 heteroatoms. The van der Waals surface area contributed by atoms with E-state index in [0.29, 0.717) is 31.2 Å². The summed E-state index contributed by atoms with van der Waals surface area (Å²) in [5.74, 6) is 0. The van der Waals surface area contributed by atoms with Crippen LogP contribution in [-0.2, 0) is 17.3 Å². The first-order chi connectivity index (χ1) is 9.84. The number of halogens is 3. The van der Waals surface area contributed by atoms with Gasteiger partial charge in [0.1, 0.15) is 0 Å². The lowest BCUT2D eigenvalue weighted by molar-refractivity contribution is -0.137. The van der Waals surface area contributed by atoms with Gasteiger partial charge in [0, 0.05) is 12.8 Å². The van der Waals surface area contributed by atoms with Gasteiger partial charge in [-0.25, -0.2) is 0 Å². The lowest BCUT2D eigenvalue weighted by atomic mass is 9.84. The minimum absolute atomic E-state index is 0.121. The van der Waals surface area contributed by atoms with Crippen molar-refractivity contribution in [1.29, 1.82) is 0 Å². The normalized spacial score (nSPS) is 32.4. The summed E-state index contributed by atoms with van der Waals surface area (Å²) in [6.45, 7) is 0. The number of alkyl halides is 3. The van der Waals surface area contributed by atoms with Crippen molar-refractivity contribution in [1.82, 2.24) is 0 Å². The molecule has 2 fully saturated rings. The van der Waals surface area contributed by atoms with E-state index in [4.69, 9.17) is 4.74 Å². The van der Waals surface area contributed by atoms with Gasteiger partial charge in [0.05, 0.1) is 23.4 Å². The van der Waals surface area contributed by atoms with E-state index in [2.05, 4.69) is 0 Å². The third kappa shape index (κ3) is 3.40. The van der Waals surface area contributed by atoms with Crippen molar-refractivity contribution in [3.63, 3.8) is 0 Å². The number of rotatable bonds is 3. The summed E-state index contributed by atoms with van der Waals surface area (Å²) in [6, 6.07) is 5.37. The predicted octanol–water partition coefficient (Wildman–Crippen LogP) is 3.71. The molecule has 0 spiro atoms. The van der Waals surface area contributed by atoms with E-state index >= 15 is 0 Å². The molecule has 1 aromatic carbocycles. The molecule has 2 heterocycles. The highest BCUT2D eigenvalue weighted by Crippen LogP contribution is 2.40. The van der Waals surface area contributed by atoms with Crippen LogP contribution in [0.2, 0.25) is 0 Å². The van der Waals surface area contributed by atoms with Gasteiger partial charge in [-0.3, -0.25) is 0 Å². The van der Waals surface area contributed by atoms with E-state index in [1.54, 1.807) is 6.07 Å². The largest absolute Gasteiger partial charge is 0.416 e. The Balaban J connectivity index is 1.65. The van der Waals surface area contributed by atoms with Crippen LogP contribution in [0, 0.1) is 0 Å². The molecule has 0 saturated carbocycles. The molecular formula is C16H19F3O2. The van der Waals surface area contributed by atoms with Crippen LogP contribution in [-0.4, -0.2) is 22.9 Å². The fraction of sp³-hybridized carbons (Fsp3) is 0.625. The molecule has 2 atom stereocenters. The monoisotopic (exact) mass is 300 g/mol. The van der Waals surface area contributed by atoms with Crippen molar-refractivity contribution >= 4 is 0 Å². The summed E-state index contributed by atoms with van der Waals surface area (Å²) in [6.07, 6.45) is 0.0401. The third-order valence-electron chi connectivity index (χ3n) is 4.54. The molecule has 0 aliphatic carbocycles. The van der Waals surface area contributed by atoms with Crippen molar-refractivity contribution in [3.8, 4) is 0 Å². The Labute approximate surface area is 121 Å². The summed E-state index contributed by atoms with van der Waals surface area (Å²) in [5.41, 5.74) is -0.797. The van der Waals surface area contributed by atoms with Gasteiger partial charge in [-0.2, -0.15) is 13.2 Å². The van der Waals surface area contributed by atoms with Crippen LogP contribution in [0.3, 0.4) is 0 Å². The second kappa shape index (κ2) is 5.29. The predicted molar refractivity (Wildman–Crippen MR) is 71.8 cm³/mol. The Hall–Kier alpha value is -1.07. The number of aliphatic hydroxyl groups is 1. The molecular weight excluding hydrogens is 281 g/mol. The number of hydrogen-bond acceptors (Lipinski definition) is 2. The van der Waals surface area contributed by atoms with Crippen LogP contribution < -0.4 is 0 Å². The molecule has 1 aromatic rings. The number of fused-ring (bicyclic) bond motifs is 2. The molecule has 2 saturated heterocycles. The minimum Gasteiger partial charge on any atom is -0.390 e. The zero-order chi connectivity index (χ0) is 15.1. The number of benzene rings is 1. The SMILES string of the molecule is OC1(CCc2cccc(C(F)(F)F)c2)CC2CCC(C1)O2. The minimum atomic E-state index is -4.31. The summed E-state index contributed by atoms with van der Waals surface area (Å²) < 4.78 is 43.7. The Morgan fingerprint density at radius 3 is 2.48 bits per heavy atom. The topological polar surface area (TPSA) is 29.5 Å². The number of ether oxygens (including phenoxy) is 1. The van der Waals surface area contributed by atoms with Gasteiger partial charge >= 0.3 is 6.18 Å². The van der Waals surface area contributed by atoms with Gasteiger partial charge in [0.15, 0.2) is 0 Å². The van der Waals surface area contributed by atoms with Crippen molar-refractivity contribution < 1.29 is 23.0 Å². The van der Waals surface area contributed by atoms with Gasteiger partial charge in [0.25, 0.3) is 0 Å². The molecule has 2 unspecified atom stereocenters. The maximum Gasteiger partial charge on any atom is 0.416 e. The van der Waals surface area contributed by atoms with Crippen LogP contribution >= 0.6 is 0 Å². The van der Waals surface area contributed by atoms with Gasteiger partial charge in [-0.05, 0) is 37.3 Å². The van der Waals surface area contributed by atoms with E-state index in [1.165, 1.54) is 12.1 Å². The molecule has 0 radical (unpaired) electrons. The van der Waals surface area contributed by atoms with Crippen LogP contribution in [0.15, 0.2) is 24.3 Å². The molecule has 2 aliphatic rings. The molecule has 3 rings (SSSR count).